The van der Waals surface area contributed by atoms with E-state index in [2.05, 4.69) is 11.4 Å². The van der Waals surface area contributed by atoms with Gasteiger partial charge < -0.3 is 10.4 Å². The second-order valence-corrected chi connectivity index (χ2v) is 5.00. The normalized spacial score (nSPS) is 10.0. The highest BCUT2D eigenvalue weighted by Crippen LogP contribution is 2.23. The summed E-state index contributed by atoms with van der Waals surface area (Å²) in [6, 6.07) is 12.3. The molecule has 0 saturated carbocycles. The lowest BCUT2D eigenvalue weighted by atomic mass is 10.0. The summed E-state index contributed by atoms with van der Waals surface area (Å²) in [5.74, 6) is -0.395. The lowest BCUT2D eigenvalue weighted by Crippen LogP contribution is -2.14. The van der Waals surface area contributed by atoms with E-state index in [0.717, 1.165) is 17.5 Å². The van der Waals surface area contributed by atoms with E-state index in [1.807, 2.05) is 13.8 Å². The van der Waals surface area contributed by atoms with Gasteiger partial charge in [-0.1, -0.05) is 19.9 Å². The van der Waals surface area contributed by atoms with E-state index in [1.165, 1.54) is 6.07 Å². The van der Waals surface area contributed by atoms with Gasteiger partial charge in [-0.05, 0) is 54.3 Å². The van der Waals surface area contributed by atoms with Crippen LogP contribution in [0.15, 0.2) is 36.4 Å². The van der Waals surface area contributed by atoms with Crippen molar-refractivity contribution in [3.63, 3.8) is 0 Å². The summed E-state index contributed by atoms with van der Waals surface area (Å²) in [5.41, 5.74) is 3.35. The molecule has 4 nitrogen and oxygen atoms in total. The quantitative estimate of drug-likeness (QED) is 0.904. The Bertz CT molecular complexity index is 745. The monoisotopic (exact) mass is 294 g/mol. The predicted octanol–water partition coefficient (Wildman–Crippen LogP) is 3.64. The fourth-order valence-electron chi connectivity index (χ4n) is 2.25. The molecule has 0 aliphatic rings. The molecule has 0 aliphatic heterocycles. The number of amides is 1. The average molecular weight is 294 g/mol. The van der Waals surface area contributed by atoms with E-state index in [0.29, 0.717) is 17.7 Å². The molecule has 0 saturated heterocycles. The number of benzene rings is 2. The second kappa shape index (κ2) is 6.77. The lowest BCUT2D eigenvalue weighted by Gasteiger charge is -2.12. The number of nitrogens with zero attached hydrogens (tertiary/aromatic N) is 1. The fourth-order valence-corrected chi connectivity index (χ4v) is 2.25. The number of aryl methyl sites for hydroxylation is 2. The van der Waals surface area contributed by atoms with Crippen LogP contribution in [0.3, 0.4) is 0 Å². The number of aromatic hydroxyl groups is 1. The molecule has 0 fully saturated rings. The van der Waals surface area contributed by atoms with Gasteiger partial charge in [-0.3, -0.25) is 4.79 Å². The zero-order chi connectivity index (χ0) is 16.1. The van der Waals surface area contributed by atoms with E-state index in [4.69, 9.17) is 5.26 Å². The highest BCUT2D eigenvalue weighted by Gasteiger charge is 2.13. The summed E-state index contributed by atoms with van der Waals surface area (Å²) in [4.78, 5) is 12.4. The Labute approximate surface area is 130 Å². The standard InChI is InChI=1S/C18H18N2O2/c1-3-12-6-8-17(21)15(10-12)18(22)20-16-7-5-13(11-19)9-14(16)4-2/h5-10,21H,3-4H2,1-2H3,(H,20,22). The molecule has 0 unspecified atom stereocenters. The van der Waals surface area contributed by atoms with Gasteiger partial charge >= 0.3 is 0 Å². The molecular weight excluding hydrogens is 276 g/mol. The van der Waals surface area contributed by atoms with Gasteiger partial charge in [0.15, 0.2) is 0 Å². The molecule has 2 aromatic rings. The minimum atomic E-state index is -0.354. The van der Waals surface area contributed by atoms with Crippen molar-refractivity contribution in [2.45, 2.75) is 26.7 Å². The molecule has 0 atom stereocenters. The minimum absolute atomic E-state index is 0.0404. The van der Waals surface area contributed by atoms with Gasteiger partial charge in [0.2, 0.25) is 0 Å². The first-order valence-electron chi connectivity index (χ1n) is 7.25. The Morgan fingerprint density at radius 1 is 1.18 bits per heavy atom. The summed E-state index contributed by atoms with van der Waals surface area (Å²) < 4.78 is 0. The van der Waals surface area contributed by atoms with Gasteiger partial charge in [0.25, 0.3) is 5.91 Å². The van der Waals surface area contributed by atoms with Crippen LogP contribution in [0.25, 0.3) is 0 Å². The van der Waals surface area contributed by atoms with Crippen LogP contribution >= 0.6 is 0 Å². The summed E-state index contributed by atoms with van der Waals surface area (Å²) in [5, 5.41) is 21.6. The fraction of sp³-hybridized carbons (Fsp3) is 0.222. The van der Waals surface area contributed by atoms with Crippen molar-refractivity contribution in [2.24, 2.45) is 0 Å². The minimum Gasteiger partial charge on any atom is -0.507 e. The Morgan fingerprint density at radius 2 is 1.95 bits per heavy atom. The van der Waals surface area contributed by atoms with E-state index in [-0.39, 0.29) is 17.2 Å². The first-order chi connectivity index (χ1) is 10.6. The lowest BCUT2D eigenvalue weighted by molar-refractivity contribution is 0.102. The first-order valence-corrected chi connectivity index (χ1v) is 7.25. The molecule has 1 amide bonds. The number of carbonyl (C=O) groups is 1. The van der Waals surface area contributed by atoms with Gasteiger partial charge in [-0.15, -0.1) is 0 Å². The molecule has 0 spiro atoms. The van der Waals surface area contributed by atoms with Crippen LogP contribution in [0.2, 0.25) is 0 Å². The van der Waals surface area contributed by atoms with Crippen molar-refractivity contribution in [3.8, 4) is 11.8 Å². The third-order valence-corrected chi connectivity index (χ3v) is 3.58. The number of carbonyl (C=O) groups excluding carboxylic acids is 1. The Balaban J connectivity index is 2.31. The van der Waals surface area contributed by atoms with Crippen LogP contribution in [0.4, 0.5) is 5.69 Å². The number of hydrogen-bond acceptors (Lipinski definition) is 3. The predicted molar refractivity (Wildman–Crippen MR) is 86.0 cm³/mol. The Morgan fingerprint density at radius 3 is 2.59 bits per heavy atom. The molecule has 2 rings (SSSR count). The first kappa shape index (κ1) is 15.6. The maximum Gasteiger partial charge on any atom is 0.259 e. The summed E-state index contributed by atoms with van der Waals surface area (Å²) >= 11 is 0. The van der Waals surface area contributed by atoms with Crippen LogP contribution in [0.1, 0.15) is 40.9 Å². The van der Waals surface area contributed by atoms with Crippen LogP contribution in [-0.4, -0.2) is 11.0 Å². The number of nitriles is 1. The van der Waals surface area contributed by atoms with Crippen LogP contribution in [-0.2, 0) is 12.8 Å². The molecule has 2 N–H and O–H groups in total. The molecule has 112 valence electrons. The zero-order valence-electron chi connectivity index (χ0n) is 12.7. The molecule has 0 aliphatic carbocycles. The smallest absolute Gasteiger partial charge is 0.259 e. The summed E-state index contributed by atoms with van der Waals surface area (Å²) in [7, 11) is 0. The van der Waals surface area contributed by atoms with Crippen LogP contribution < -0.4 is 5.32 Å². The maximum atomic E-state index is 12.4. The molecular formula is C18H18N2O2. The summed E-state index contributed by atoms with van der Waals surface area (Å²) in [6.45, 7) is 3.95. The number of rotatable bonds is 4. The molecule has 2 aromatic carbocycles. The molecule has 0 heterocycles. The molecule has 0 aromatic heterocycles. The van der Waals surface area contributed by atoms with E-state index in [9.17, 15) is 9.90 Å². The highest BCUT2D eigenvalue weighted by atomic mass is 16.3. The second-order valence-electron chi connectivity index (χ2n) is 5.00. The van der Waals surface area contributed by atoms with Crippen molar-refractivity contribution in [2.75, 3.05) is 5.32 Å². The largest absolute Gasteiger partial charge is 0.507 e. The molecule has 22 heavy (non-hydrogen) atoms. The van der Waals surface area contributed by atoms with E-state index < -0.39 is 0 Å². The number of phenols is 1. The number of hydrogen-bond donors (Lipinski definition) is 2. The Hall–Kier alpha value is -2.80. The third-order valence-electron chi connectivity index (χ3n) is 3.58. The van der Waals surface area contributed by atoms with Crippen molar-refractivity contribution in [1.82, 2.24) is 0 Å². The van der Waals surface area contributed by atoms with Crippen LogP contribution in [0.5, 0.6) is 5.75 Å². The van der Waals surface area contributed by atoms with Gasteiger partial charge in [0.05, 0.1) is 17.2 Å². The van der Waals surface area contributed by atoms with Gasteiger partial charge in [-0.25, -0.2) is 0 Å². The molecule has 0 bridgehead atoms. The molecule has 4 heteroatoms. The average Bonchev–Trinajstić information content (AvgIpc) is 2.55. The van der Waals surface area contributed by atoms with Crippen molar-refractivity contribution >= 4 is 11.6 Å². The SMILES string of the molecule is CCc1ccc(O)c(C(=O)Nc2ccc(C#N)cc2CC)c1. The Kier molecular flexibility index (Phi) is 4.80. The summed E-state index contributed by atoms with van der Waals surface area (Å²) in [6.07, 6.45) is 1.49. The van der Waals surface area contributed by atoms with Crippen molar-refractivity contribution < 1.29 is 9.90 Å². The third kappa shape index (κ3) is 3.26. The topological polar surface area (TPSA) is 73.1 Å². The van der Waals surface area contributed by atoms with Crippen molar-refractivity contribution in [1.29, 1.82) is 5.26 Å². The van der Waals surface area contributed by atoms with Crippen molar-refractivity contribution in [3.05, 3.63) is 58.7 Å². The van der Waals surface area contributed by atoms with Gasteiger partial charge in [0, 0.05) is 5.69 Å². The molecule has 0 radical (unpaired) electrons. The number of nitrogens with one attached hydrogen (secondary N) is 1. The maximum absolute atomic E-state index is 12.4. The number of phenolic OH excluding ortho intramolecular Hbond substituents is 1. The van der Waals surface area contributed by atoms with Gasteiger partial charge in [-0.2, -0.15) is 5.26 Å². The zero-order valence-corrected chi connectivity index (χ0v) is 12.7. The van der Waals surface area contributed by atoms with Crippen LogP contribution in [0, 0.1) is 11.3 Å². The van der Waals surface area contributed by atoms with Gasteiger partial charge in [0.1, 0.15) is 5.75 Å². The number of anilines is 1. The van der Waals surface area contributed by atoms with E-state index >= 15 is 0 Å². The van der Waals surface area contributed by atoms with E-state index in [1.54, 1.807) is 30.3 Å². The highest BCUT2D eigenvalue weighted by molar-refractivity contribution is 6.06.